The van der Waals surface area contributed by atoms with E-state index in [2.05, 4.69) is 0 Å². The number of benzene rings is 2. The molecular formula is C21H25NO4. The molecule has 2 aromatic carbocycles. The number of hydrogen-bond donors (Lipinski definition) is 0. The molecule has 3 rings (SSSR count). The third-order valence-electron chi connectivity index (χ3n) is 4.61. The zero-order chi connectivity index (χ0) is 18.4. The van der Waals surface area contributed by atoms with Gasteiger partial charge in [-0.3, -0.25) is 0 Å². The van der Waals surface area contributed by atoms with Gasteiger partial charge in [0.15, 0.2) is 0 Å². The topological polar surface area (TPSA) is 48.0 Å². The van der Waals surface area contributed by atoms with E-state index < -0.39 is 0 Å². The molecule has 0 atom stereocenters. The first-order valence-corrected chi connectivity index (χ1v) is 8.95. The molecule has 0 aliphatic carbocycles. The summed E-state index contributed by atoms with van der Waals surface area (Å²) in [4.78, 5) is 13.8. The fourth-order valence-corrected chi connectivity index (χ4v) is 3.09. The molecule has 2 aromatic rings. The van der Waals surface area contributed by atoms with Crippen LogP contribution in [0.15, 0.2) is 42.5 Å². The quantitative estimate of drug-likeness (QED) is 0.783. The highest BCUT2D eigenvalue weighted by Gasteiger charge is 2.19. The summed E-state index contributed by atoms with van der Waals surface area (Å²) in [7, 11) is 3.31. The first-order chi connectivity index (χ1) is 12.7. The van der Waals surface area contributed by atoms with E-state index in [0.717, 1.165) is 55.8 Å². The first kappa shape index (κ1) is 18.1. The van der Waals surface area contributed by atoms with E-state index in [1.54, 1.807) is 19.1 Å². The molecule has 138 valence electrons. The lowest BCUT2D eigenvalue weighted by atomic mass is 10.0. The lowest BCUT2D eigenvalue weighted by Gasteiger charge is -2.15. The summed E-state index contributed by atoms with van der Waals surface area (Å²) in [6, 6.07) is 13.6. The van der Waals surface area contributed by atoms with Gasteiger partial charge in [-0.15, -0.1) is 0 Å². The van der Waals surface area contributed by atoms with E-state index in [1.165, 1.54) is 5.56 Å². The van der Waals surface area contributed by atoms with Gasteiger partial charge < -0.3 is 19.1 Å². The van der Waals surface area contributed by atoms with E-state index in [-0.39, 0.29) is 6.09 Å². The maximum absolute atomic E-state index is 12.0. The summed E-state index contributed by atoms with van der Waals surface area (Å²) >= 11 is 0. The number of amides is 1. The van der Waals surface area contributed by atoms with Crippen LogP contribution in [-0.2, 0) is 12.8 Å². The zero-order valence-corrected chi connectivity index (χ0v) is 15.4. The lowest BCUT2D eigenvalue weighted by Crippen LogP contribution is -2.30. The smallest absolute Gasteiger partial charge is 0.415 e. The summed E-state index contributed by atoms with van der Waals surface area (Å²) < 4.78 is 16.1. The number of hydrogen-bond acceptors (Lipinski definition) is 4. The second kappa shape index (κ2) is 8.61. The molecule has 0 saturated carbocycles. The minimum atomic E-state index is -0.251. The summed E-state index contributed by atoms with van der Waals surface area (Å²) in [5.74, 6) is 2.18. The zero-order valence-electron chi connectivity index (χ0n) is 15.4. The summed E-state index contributed by atoms with van der Waals surface area (Å²) in [5.41, 5.74) is 2.35. The lowest BCUT2D eigenvalue weighted by molar-refractivity contribution is 0.163. The number of carbonyl (C=O) groups is 1. The van der Waals surface area contributed by atoms with E-state index in [4.69, 9.17) is 14.2 Å². The molecule has 0 aromatic heterocycles. The van der Waals surface area contributed by atoms with Gasteiger partial charge in [0.2, 0.25) is 0 Å². The Morgan fingerprint density at radius 2 is 1.42 bits per heavy atom. The van der Waals surface area contributed by atoms with E-state index in [0.29, 0.717) is 5.75 Å². The second-order valence-electron chi connectivity index (χ2n) is 6.43. The van der Waals surface area contributed by atoms with Gasteiger partial charge in [-0.2, -0.15) is 0 Å². The molecule has 1 amide bonds. The SMILES string of the molecule is COc1cc(CCc2ccc(OC(=O)N3CCCC3)cc2)cc(OC)c1. The number of methoxy groups -OCH3 is 2. The fourth-order valence-electron chi connectivity index (χ4n) is 3.09. The van der Waals surface area contributed by atoms with Crippen molar-refractivity contribution < 1.29 is 19.0 Å². The number of aryl methyl sites for hydroxylation is 2. The third kappa shape index (κ3) is 4.69. The maximum atomic E-state index is 12.0. The molecule has 0 bridgehead atoms. The summed E-state index contributed by atoms with van der Waals surface area (Å²) in [5, 5.41) is 0. The van der Waals surface area contributed by atoms with Crippen molar-refractivity contribution in [3.8, 4) is 17.2 Å². The van der Waals surface area contributed by atoms with Crippen LogP contribution in [0.2, 0.25) is 0 Å². The highest BCUT2D eigenvalue weighted by atomic mass is 16.6. The molecule has 1 aliphatic heterocycles. The summed E-state index contributed by atoms with van der Waals surface area (Å²) in [6.45, 7) is 1.59. The molecule has 1 saturated heterocycles. The third-order valence-corrected chi connectivity index (χ3v) is 4.61. The summed E-state index contributed by atoms with van der Waals surface area (Å²) in [6.07, 6.45) is 3.63. The highest BCUT2D eigenvalue weighted by molar-refractivity contribution is 5.70. The van der Waals surface area contributed by atoms with Crippen molar-refractivity contribution in [3.63, 3.8) is 0 Å². The van der Waals surface area contributed by atoms with Gasteiger partial charge in [-0.25, -0.2) is 4.79 Å². The van der Waals surface area contributed by atoms with Gasteiger partial charge >= 0.3 is 6.09 Å². The average Bonchev–Trinajstić information content (AvgIpc) is 3.22. The van der Waals surface area contributed by atoms with E-state index in [9.17, 15) is 4.79 Å². The standard InChI is InChI=1S/C21H25NO4/c1-24-19-13-17(14-20(15-19)25-2)6-5-16-7-9-18(10-8-16)26-21(23)22-11-3-4-12-22/h7-10,13-15H,3-6,11-12H2,1-2H3. The van der Waals surface area contributed by atoms with Crippen molar-refractivity contribution in [2.75, 3.05) is 27.3 Å². The molecule has 0 radical (unpaired) electrons. The van der Waals surface area contributed by atoms with Gasteiger partial charge in [0.05, 0.1) is 14.2 Å². The van der Waals surface area contributed by atoms with Crippen LogP contribution in [0, 0.1) is 0 Å². The minimum absolute atomic E-state index is 0.251. The predicted octanol–water partition coefficient (Wildman–Crippen LogP) is 4.08. The molecule has 5 heteroatoms. The maximum Gasteiger partial charge on any atom is 0.415 e. The van der Waals surface area contributed by atoms with Crippen molar-refractivity contribution in [2.45, 2.75) is 25.7 Å². The molecule has 1 fully saturated rings. The molecule has 0 N–H and O–H groups in total. The van der Waals surface area contributed by atoms with Crippen LogP contribution in [0.25, 0.3) is 0 Å². The van der Waals surface area contributed by atoms with Crippen LogP contribution in [0.3, 0.4) is 0 Å². The predicted molar refractivity (Wildman–Crippen MR) is 100 cm³/mol. The Kier molecular flexibility index (Phi) is 6.00. The Hall–Kier alpha value is -2.69. The fraction of sp³-hybridized carbons (Fsp3) is 0.381. The number of ether oxygens (including phenoxy) is 3. The number of rotatable bonds is 6. The molecule has 0 unspecified atom stereocenters. The van der Waals surface area contributed by atoms with Crippen LogP contribution in [0.1, 0.15) is 24.0 Å². The second-order valence-corrected chi connectivity index (χ2v) is 6.43. The number of likely N-dealkylation sites (tertiary alicyclic amines) is 1. The molecule has 26 heavy (non-hydrogen) atoms. The molecule has 5 nitrogen and oxygen atoms in total. The van der Waals surface area contributed by atoms with Crippen molar-refractivity contribution in [1.82, 2.24) is 4.90 Å². The Morgan fingerprint density at radius 1 is 0.846 bits per heavy atom. The van der Waals surface area contributed by atoms with Crippen LogP contribution < -0.4 is 14.2 Å². The van der Waals surface area contributed by atoms with Crippen LogP contribution in [0.5, 0.6) is 17.2 Å². The Labute approximate surface area is 154 Å². The Bertz CT molecular complexity index is 714. The van der Waals surface area contributed by atoms with Crippen LogP contribution in [-0.4, -0.2) is 38.3 Å². The Morgan fingerprint density at radius 3 is 2.00 bits per heavy atom. The van der Waals surface area contributed by atoms with Gasteiger partial charge in [0, 0.05) is 19.2 Å². The van der Waals surface area contributed by atoms with Crippen molar-refractivity contribution in [3.05, 3.63) is 53.6 Å². The van der Waals surface area contributed by atoms with Gasteiger partial charge in [-0.05, 0) is 61.1 Å². The molecule has 1 heterocycles. The van der Waals surface area contributed by atoms with Crippen molar-refractivity contribution in [2.24, 2.45) is 0 Å². The largest absolute Gasteiger partial charge is 0.497 e. The van der Waals surface area contributed by atoms with Gasteiger partial charge in [-0.1, -0.05) is 12.1 Å². The number of nitrogens with zero attached hydrogens (tertiary/aromatic N) is 1. The first-order valence-electron chi connectivity index (χ1n) is 8.95. The highest BCUT2D eigenvalue weighted by Crippen LogP contribution is 2.24. The Balaban J connectivity index is 1.56. The van der Waals surface area contributed by atoms with Gasteiger partial charge in [0.25, 0.3) is 0 Å². The number of carbonyl (C=O) groups excluding carboxylic acids is 1. The van der Waals surface area contributed by atoms with Crippen LogP contribution >= 0.6 is 0 Å². The van der Waals surface area contributed by atoms with Gasteiger partial charge in [0.1, 0.15) is 17.2 Å². The monoisotopic (exact) mass is 355 g/mol. The van der Waals surface area contributed by atoms with Crippen LogP contribution in [0.4, 0.5) is 4.79 Å². The average molecular weight is 355 g/mol. The normalized spacial score (nSPS) is 13.5. The molecular weight excluding hydrogens is 330 g/mol. The van der Waals surface area contributed by atoms with Crippen molar-refractivity contribution in [1.29, 1.82) is 0 Å². The van der Waals surface area contributed by atoms with E-state index in [1.807, 2.05) is 42.5 Å². The molecule has 1 aliphatic rings. The van der Waals surface area contributed by atoms with Crippen molar-refractivity contribution >= 4 is 6.09 Å². The minimum Gasteiger partial charge on any atom is -0.497 e. The molecule has 0 spiro atoms. The van der Waals surface area contributed by atoms with E-state index >= 15 is 0 Å².